The number of guanidine groups is 1. The van der Waals surface area contributed by atoms with Gasteiger partial charge >= 0.3 is 0 Å². The first-order valence-corrected chi connectivity index (χ1v) is 10.2. The molecule has 1 heterocycles. The minimum absolute atomic E-state index is 0.0447. The third-order valence-electron chi connectivity index (χ3n) is 5.46. The Morgan fingerprint density at radius 2 is 1.50 bits per heavy atom. The maximum absolute atomic E-state index is 9.77. The summed E-state index contributed by atoms with van der Waals surface area (Å²) in [7, 11) is 1.79. The SMILES string of the molecule is CN=C(NCC(CO)c1ccccc1)NCC(c1ccccc1)N1CCCC1. The molecule has 2 atom stereocenters. The number of likely N-dealkylation sites (tertiary alicyclic amines) is 1. The van der Waals surface area contributed by atoms with Crippen LogP contribution in [-0.4, -0.2) is 55.8 Å². The molecule has 3 N–H and O–H groups in total. The second kappa shape index (κ2) is 10.8. The molecule has 1 aliphatic rings. The molecule has 2 aromatic carbocycles. The van der Waals surface area contributed by atoms with Crippen molar-refractivity contribution in [2.24, 2.45) is 4.99 Å². The Morgan fingerprint density at radius 1 is 0.929 bits per heavy atom. The highest BCUT2D eigenvalue weighted by Gasteiger charge is 2.23. The maximum atomic E-state index is 9.77. The van der Waals surface area contributed by atoms with Crippen molar-refractivity contribution in [1.29, 1.82) is 0 Å². The van der Waals surface area contributed by atoms with Crippen LogP contribution in [0.2, 0.25) is 0 Å². The zero-order valence-corrected chi connectivity index (χ0v) is 16.7. The molecule has 0 saturated carbocycles. The van der Waals surface area contributed by atoms with Crippen molar-refractivity contribution in [2.45, 2.75) is 24.8 Å². The van der Waals surface area contributed by atoms with Gasteiger partial charge < -0.3 is 15.7 Å². The second-order valence-electron chi connectivity index (χ2n) is 7.29. The number of aliphatic hydroxyl groups is 1. The van der Waals surface area contributed by atoms with Crippen molar-refractivity contribution >= 4 is 5.96 Å². The van der Waals surface area contributed by atoms with Crippen LogP contribution >= 0.6 is 0 Å². The predicted molar refractivity (Wildman–Crippen MR) is 116 cm³/mol. The predicted octanol–water partition coefficient (Wildman–Crippen LogP) is 2.76. The van der Waals surface area contributed by atoms with Crippen LogP contribution in [0.4, 0.5) is 0 Å². The van der Waals surface area contributed by atoms with Crippen LogP contribution in [0, 0.1) is 0 Å². The van der Waals surface area contributed by atoms with E-state index in [1.807, 2.05) is 18.2 Å². The van der Waals surface area contributed by atoms with Crippen molar-refractivity contribution in [1.82, 2.24) is 15.5 Å². The zero-order valence-electron chi connectivity index (χ0n) is 16.7. The number of benzene rings is 2. The molecule has 150 valence electrons. The lowest BCUT2D eigenvalue weighted by atomic mass is 10.0. The summed E-state index contributed by atoms with van der Waals surface area (Å²) in [6.07, 6.45) is 2.54. The Balaban J connectivity index is 1.58. The molecule has 0 bridgehead atoms. The molecule has 0 aliphatic carbocycles. The first kappa shape index (κ1) is 20.4. The molecule has 5 nitrogen and oxygen atoms in total. The summed E-state index contributed by atoms with van der Waals surface area (Å²) in [6.45, 7) is 3.84. The van der Waals surface area contributed by atoms with E-state index in [2.05, 4.69) is 63.0 Å². The van der Waals surface area contributed by atoms with E-state index in [1.54, 1.807) is 7.05 Å². The smallest absolute Gasteiger partial charge is 0.191 e. The van der Waals surface area contributed by atoms with Crippen LogP contribution < -0.4 is 10.6 Å². The summed E-state index contributed by atoms with van der Waals surface area (Å²) in [6, 6.07) is 21.1. The molecule has 28 heavy (non-hydrogen) atoms. The van der Waals surface area contributed by atoms with Crippen LogP contribution in [0.25, 0.3) is 0 Å². The van der Waals surface area contributed by atoms with E-state index in [4.69, 9.17) is 0 Å². The molecule has 1 fully saturated rings. The minimum Gasteiger partial charge on any atom is -0.396 e. The largest absolute Gasteiger partial charge is 0.396 e. The van der Waals surface area contributed by atoms with Gasteiger partial charge in [-0.2, -0.15) is 0 Å². The van der Waals surface area contributed by atoms with E-state index in [0.29, 0.717) is 12.6 Å². The zero-order chi connectivity index (χ0) is 19.6. The third-order valence-corrected chi connectivity index (χ3v) is 5.46. The van der Waals surface area contributed by atoms with Crippen molar-refractivity contribution in [3.05, 3.63) is 71.8 Å². The van der Waals surface area contributed by atoms with Crippen LogP contribution in [0.15, 0.2) is 65.7 Å². The van der Waals surface area contributed by atoms with Gasteiger partial charge in [-0.15, -0.1) is 0 Å². The van der Waals surface area contributed by atoms with E-state index < -0.39 is 0 Å². The van der Waals surface area contributed by atoms with Gasteiger partial charge in [0.1, 0.15) is 0 Å². The van der Waals surface area contributed by atoms with Gasteiger partial charge in [0.25, 0.3) is 0 Å². The van der Waals surface area contributed by atoms with E-state index in [9.17, 15) is 5.11 Å². The molecule has 0 amide bonds. The fraction of sp³-hybridized carbons (Fsp3) is 0.435. The Morgan fingerprint density at radius 3 is 2.07 bits per heavy atom. The highest BCUT2D eigenvalue weighted by atomic mass is 16.3. The first-order chi connectivity index (χ1) is 13.8. The van der Waals surface area contributed by atoms with Crippen LogP contribution in [-0.2, 0) is 0 Å². The van der Waals surface area contributed by atoms with E-state index in [0.717, 1.165) is 31.2 Å². The molecule has 0 radical (unpaired) electrons. The number of aliphatic hydroxyl groups excluding tert-OH is 1. The van der Waals surface area contributed by atoms with Crippen LogP contribution in [0.5, 0.6) is 0 Å². The lowest BCUT2D eigenvalue weighted by Gasteiger charge is -2.29. The Kier molecular flexibility index (Phi) is 7.88. The van der Waals surface area contributed by atoms with E-state index >= 15 is 0 Å². The van der Waals surface area contributed by atoms with Crippen molar-refractivity contribution < 1.29 is 5.11 Å². The Hall–Kier alpha value is -2.37. The normalized spacial score (nSPS) is 17.3. The average Bonchev–Trinajstić information content (AvgIpc) is 3.29. The fourth-order valence-corrected chi connectivity index (χ4v) is 3.83. The summed E-state index contributed by atoms with van der Waals surface area (Å²) in [5.41, 5.74) is 2.47. The lowest BCUT2D eigenvalue weighted by molar-refractivity contribution is 0.245. The Bertz CT molecular complexity index is 714. The molecule has 3 rings (SSSR count). The van der Waals surface area contributed by atoms with Gasteiger partial charge in [-0.1, -0.05) is 60.7 Å². The van der Waals surface area contributed by atoms with Crippen LogP contribution in [0.1, 0.15) is 35.9 Å². The molecular formula is C23H32N4O. The third kappa shape index (κ3) is 5.57. The Labute approximate surface area is 168 Å². The number of hydrogen-bond donors (Lipinski definition) is 3. The lowest BCUT2D eigenvalue weighted by Crippen LogP contribution is -2.44. The van der Waals surface area contributed by atoms with Crippen molar-refractivity contribution in [2.75, 3.05) is 39.8 Å². The molecule has 1 saturated heterocycles. The van der Waals surface area contributed by atoms with Gasteiger partial charge in [-0.05, 0) is 37.1 Å². The van der Waals surface area contributed by atoms with Gasteiger partial charge in [0.15, 0.2) is 5.96 Å². The molecule has 0 spiro atoms. The summed E-state index contributed by atoms with van der Waals surface area (Å²) >= 11 is 0. The quantitative estimate of drug-likeness (QED) is 0.487. The summed E-state index contributed by atoms with van der Waals surface area (Å²) in [5, 5.41) is 16.6. The highest BCUT2D eigenvalue weighted by Crippen LogP contribution is 2.24. The second-order valence-corrected chi connectivity index (χ2v) is 7.29. The molecule has 2 unspecified atom stereocenters. The van der Waals surface area contributed by atoms with Crippen molar-refractivity contribution in [3.8, 4) is 0 Å². The minimum atomic E-state index is 0.0447. The van der Waals surface area contributed by atoms with E-state index in [-0.39, 0.29) is 12.5 Å². The van der Waals surface area contributed by atoms with Gasteiger partial charge in [-0.3, -0.25) is 9.89 Å². The van der Waals surface area contributed by atoms with Gasteiger partial charge in [0, 0.05) is 26.1 Å². The van der Waals surface area contributed by atoms with Gasteiger partial charge in [0.2, 0.25) is 0 Å². The van der Waals surface area contributed by atoms with Gasteiger partial charge in [0.05, 0.1) is 12.6 Å². The molecule has 1 aliphatic heterocycles. The standard InChI is InChI=1S/C23H32N4O/c1-24-23(25-16-21(18-28)19-10-4-2-5-11-19)26-17-22(27-14-8-9-15-27)20-12-6-3-7-13-20/h2-7,10-13,21-22,28H,8-9,14-18H2,1H3,(H2,24,25,26). The van der Waals surface area contributed by atoms with Crippen LogP contribution in [0.3, 0.4) is 0 Å². The molecule has 0 aromatic heterocycles. The number of aliphatic imine (C=N–C) groups is 1. The summed E-state index contributed by atoms with van der Waals surface area (Å²) in [4.78, 5) is 6.93. The summed E-state index contributed by atoms with van der Waals surface area (Å²) < 4.78 is 0. The number of nitrogens with zero attached hydrogens (tertiary/aromatic N) is 2. The number of hydrogen-bond acceptors (Lipinski definition) is 3. The highest BCUT2D eigenvalue weighted by molar-refractivity contribution is 5.79. The first-order valence-electron chi connectivity index (χ1n) is 10.2. The van der Waals surface area contributed by atoms with Gasteiger partial charge in [-0.25, -0.2) is 0 Å². The maximum Gasteiger partial charge on any atom is 0.191 e. The molecular weight excluding hydrogens is 348 g/mol. The molecule has 5 heteroatoms. The topological polar surface area (TPSA) is 59.9 Å². The monoisotopic (exact) mass is 380 g/mol. The van der Waals surface area contributed by atoms with E-state index in [1.165, 1.54) is 18.4 Å². The average molecular weight is 381 g/mol. The number of rotatable bonds is 8. The number of nitrogens with one attached hydrogen (secondary N) is 2. The fourth-order valence-electron chi connectivity index (χ4n) is 3.83. The summed E-state index contributed by atoms with van der Waals surface area (Å²) in [5.74, 6) is 0.817. The molecule has 2 aromatic rings. The van der Waals surface area contributed by atoms with Crippen molar-refractivity contribution in [3.63, 3.8) is 0 Å².